The van der Waals surface area contributed by atoms with Crippen LogP contribution in [0.3, 0.4) is 0 Å². The molecule has 0 saturated carbocycles. The highest BCUT2D eigenvalue weighted by Crippen LogP contribution is 2.30. The summed E-state index contributed by atoms with van der Waals surface area (Å²) in [6.45, 7) is 0.467. The molecule has 1 atom stereocenters. The third-order valence-corrected chi connectivity index (χ3v) is 3.87. The minimum atomic E-state index is -4.38. The predicted octanol–water partition coefficient (Wildman–Crippen LogP) is 3.27. The molecule has 102 valence electrons. The normalized spacial score (nSPS) is 13.4. The highest BCUT2D eigenvalue weighted by molar-refractivity contribution is 9.10. The molecule has 0 aliphatic rings. The number of esters is 1. The molecule has 0 spiro atoms. The van der Waals surface area contributed by atoms with E-state index in [1.165, 1.54) is 11.3 Å². The van der Waals surface area contributed by atoms with Gasteiger partial charge in [-0.15, -0.1) is 11.3 Å². The van der Waals surface area contributed by atoms with Gasteiger partial charge in [-0.3, -0.25) is 5.32 Å². The van der Waals surface area contributed by atoms with Crippen LogP contribution >= 0.6 is 27.3 Å². The highest BCUT2D eigenvalue weighted by atomic mass is 79.9. The van der Waals surface area contributed by atoms with Gasteiger partial charge in [-0.05, 0) is 34.3 Å². The average molecular weight is 346 g/mol. The maximum atomic E-state index is 12.2. The van der Waals surface area contributed by atoms with Crippen LogP contribution < -0.4 is 5.32 Å². The first-order valence-electron chi connectivity index (χ1n) is 5.04. The summed E-state index contributed by atoms with van der Waals surface area (Å²) in [6, 6.07) is 0.558. The monoisotopic (exact) mass is 345 g/mol. The lowest BCUT2D eigenvalue weighted by atomic mass is 10.2. The fourth-order valence-corrected chi connectivity index (χ4v) is 2.90. The molecule has 0 amide bonds. The molecular weight excluding hydrogens is 335 g/mol. The van der Waals surface area contributed by atoms with Crippen molar-refractivity contribution in [2.45, 2.75) is 19.1 Å². The van der Waals surface area contributed by atoms with Crippen LogP contribution in [0.4, 0.5) is 13.2 Å². The molecule has 0 aliphatic carbocycles. The van der Waals surface area contributed by atoms with Crippen LogP contribution in [-0.4, -0.2) is 25.3 Å². The molecule has 1 aromatic heterocycles. The van der Waals surface area contributed by atoms with Crippen molar-refractivity contribution >= 4 is 33.2 Å². The molecule has 1 N–H and O–H groups in total. The Morgan fingerprint density at radius 3 is 2.72 bits per heavy atom. The maximum absolute atomic E-state index is 12.2. The minimum Gasteiger partial charge on any atom is -0.465 e. The SMILES string of the molecule is CCOC(=O)C(NCC(F)(F)F)c1sccc1Br. The van der Waals surface area contributed by atoms with Crippen molar-refractivity contribution in [2.75, 3.05) is 13.2 Å². The van der Waals surface area contributed by atoms with Gasteiger partial charge < -0.3 is 4.74 Å². The van der Waals surface area contributed by atoms with Crippen molar-refractivity contribution in [1.82, 2.24) is 5.32 Å². The van der Waals surface area contributed by atoms with E-state index in [1.807, 2.05) is 0 Å². The Hall–Kier alpha value is -0.600. The Balaban J connectivity index is 2.83. The van der Waals surface area contributed by atoms with Crippen LogP contribution in [-0.2, 0) is 9.53 Å². The molecule has 0 radical (unpaired) electrons. The summed E-state index contributed by atoms with van der Waals surface area (Å²) in [5.41, 5.74) is 0. The second-order valence-electron chi connectivity index (χ2n) is 3.31. The average Bonchev–Trinajstić information content (AvgIpc) is 2.64. The quantitative estimate of drug-likeness (QED) is 0.832. The summed E-state index contributed by atoms with van der Waals surface area (Å²) in [5, 5.41) is 3.85. The van der Waals surface area contributed by atoms with Gasteiger partial charge in [-0.1, -0.05) is 0 Å². The van der Waals surface area contributed by atoms with E-state index in [1.54, 1.807) is 18.4 Å². The number of halogens is 4. The number of carbonyl (C=O) groups excluding carboxylic acids is 1. The van der Waals surface area contributed by atoms with E-state index in [-0.39, 0.29) is 6.61 Å². The van der Waals surface area contributed by atoms with Crippen molar-refractivity contribution < 1.29 is 22.7 Å². The van der Waals surface area contributed by atoms with Gasteiger partial charge in [0.25, 0.3) is 0 Å². The van der Waals surface area contributed by atoms with Gasteiger partial charge >= 0.3 is 12.1 Å². The third kappa shape index (κ3) is 4.58. The Morgan fingerprint density at radius 2 is 2.28 bits per heavy atom. The van der Waals surface area contributed by atoms with Gasteiger partial charge in [0.1, 0.15) is 6.04 Å². The second kappa shape index (κ2) is 6.53. The van der Waals surface area contributed by atoms with Crippen molar-refractivity contribution in [3.63, 3.8) is 0 Å². The number of nitrogens with one attached hydrogen (secondary N) is 1. The number of alkyl halides is 3. The van der Waals surface area contributed by atoms with Gasteiger partial charge in [0.05, 0.1) is 13.2 Å². The van der Waals surface area contributed by atoms with E-state index in [9.17, 15) is 18.0 Å². The zero-order chi connectivity index (χ0) is 13.8. The van der Waals surface area contributed by atoms with Crippen LogP contribution in [0.2, 0.25) is 0 Å². The zero-order valence-electron chi connectivity index (χ0n) is 9.38. The molecule has 18 heavy (non-hydrogen) atoms. The second-order valence-corrected chi connectivity index (χ2v) is 5.12. The molecule has 3 nitrogen and oxygen atoms in total. The van der Waals surface area contributed by atoms with Gasteiger partial charge in [0.15, 0.2) is 0 Å². The fourth-order valence-electron chi connectivity index (χ4n) is 1.24. The van der Waals surface area contributed by atoms with Crippen molar-refractivity contribution in [3.05, 3.63) is 20.8 Å². The summed E-state index contributed by atoms with van der Waals surface area (Å²) >= 11 is 4.37. The molecule has 0 bridgehead atoms. The van der Waals surface area contributed by atoms with E-state index in [0.717, 1.165) is 0 Å². The molecule has 8 heteroatoms. The molecule has 0 aromatic carbocycles. The summed E-state index contributed by atoms with van der Waals surface area (Å²) in [7, 11) is 0. The summed E-state index contributed by atoms with van der Waals surface area (Å²) in [4.78, 5) is 12.1. The molecule has 1 unspecified atom stereocenters. The molecular formula is C10H11BrF3NO2S. The van der Waals surface area contributed by atoms with Gasteiger partial charge in [0, 0.05) is 9.35 Å². The zero-order valence-corrected chi connectivity index (χ0v) is 11.8. The van der Waals surface area contributed by atoms with Gasteiger partial charge in [0.2, 0.25) is 0 Å². The first-order chi connectivity index (χ1) is 8.35. The summed E-state index contributed by atoms with van der Waals surface area (Å²) in [6.07, 6.45) is -4.38. The van der Waals surface area contributed by atoms with Crippen molar-refractivity contribution in [3.8, 4) is 0 Å². The summed E-state index contributed by atoms with van der Waals surface area (Å²) in [5.74, 6) is -0.718. The first-order valence-corrected chi connectivity index (χ1v) is 6.72. The maximum Gasteiger partial charge on any atom is 0.401 e. The number of ether oxygens (including phenoxy) is 1. The lowest BCUT2D eigenvalue weighted by Gasteiger charge is -2.17. The largest absolute Gasteiger partial charge is 0.465 e. The van der Waals surface area contributed by atoms with E-state index < -0.39 is 24.7 Å². The smallest absolute Gasteiger partial charge is 0.401 e. The standard InChI is InChI=1S/C10H11BrF3NO2S/c1-2-17-9(16)7(15-5-10(12,13)14)8-6(11)3-4-18-8/h3-4,7,15H,2,5H2,1H3. The number of carbonyl (C=O) groups is 1. The molecule has 0 aliphatic heterocycles. The van der Waals surface area contributed by atoms with Crippen molar-refractivity contribution in [2.24, 2.45) is 0 Å². The van der Waals surface area contributed by atoms with E-state index in [0.29, 0.717) is 9.35 Å². The lowest BCUT2D eigenvalue weighted by molar-refractivity contribution is -0.149. The molecule has 0 fully saturated rings. The number of hydrogen-bond donors (Lipinski definition) is 1. The van der Waals surface area contributed by atoms with E-state index in [4.69, 9.17) is 4.74 Å². The van der Waals surface area contributed by atoms with E-state index in [2.05, 4.69) is 21.2 Å². The lowest BCUT2D eigenvalue weighted by Crippen LogP contribution is -2.36. The predicted molar refractivity (Wildman–Crippen MR) is 65.5 cm³/mol. The van der Waals surface area contributed by atoms with Crippen LogP contribution in [0.25, 0.3) is 0 Å². The number of hydrogen-bond acceptors (Lipinski definition) is 4. The molecule has 1 rings (SSSR count). The first kappa shape index (κ1) is 15.5. The fraction of sp³-hybridized carbons (Fsp3) is 0.500. The molecule has 0 saturated heterocycles. The van der Waals surface area contributed by atoms with Crippen LogP contribution in [0.15, 0.2) is 15.9 Å². The number of thiophene rings is 1. The van der Waals surface area contributed by atoms with Gasteiger partial charge in [-0.2, -0.15) is 13.2 Å². The molecule has 1 aromatic rings. The topological polar surface area (TPSA) is 38.3 Å². The van der Waals surface area contributed by atoms with Crippen LogP contribution in [0.1, 0.15) is 17.8 Å². The Kier molecular flexibility index (Phi) is 5.61. The van der Waals surface area contributed by atoms with Gasteiger partial charge in [-0.25, -0.2) is 4.79 Å². The summed E-state index contributed by atoms with van der Waals surface area (Å²) < 4.78 is 41.9. The Morgan fingerprint density at radius 1 is 1.61 bits per heavy atom. The Labute approximate surface area is 114 Å². The Bertz CT molecular complexity index is 408. The van der Waals surface area contributed by atoms with Crippen LogP contribution in [0.5, 0.6) is 0 Å². The number of rotatable bonds is 5. The molecule has 1 heterocycles. The highest BCUT2D eigenvalue weighted by Gasteiger charge is 2.32. The third-order valence-electron chi connectivity index (χ3n) is 1.94. The van der Waals surface area contributed by atoms with Crippen molar-refractivity contribution in [1.29, 1.82) is 0 Å². The minimum absolute atomic E-state index is 0.117. The van der Waals surface area contributed by atoms with Crippen LogP contribution in [0, 0.1) is 0 Å². The van der Waals surface area contributed by atoms with E-state index >= 15 is 0 Å².